The Balaban J connectivity index is 1.61. The van der Waals surface area contributed by atoms with Crippen molar-refractivity contribution in [1.82, 2.24) is 19.4 Å². The van der Waals surface area contributed by atoms with Crippen LogP contribution in [0.3, 0.4) is 0 Å². The van der Waals surface area contributed by atoms with Crippen molar-refractivity contribution in [2.45, 2.75) is 25.8 Å². The van der Waals surface area contributed by atoms with Crippen LogP contribution in [-0.2, 0) is 20.0 Å². The second-order valence-electron chi connectivity index (χ2n) is 8.23. The highest BCUT2D eigenvalue weighted by Crippen LogP contribution is 2.37. The second kappa shape index (κ2) is 5.92. The van der Waals surface area contributed by atoms with Gasteiger partial charge >= 0.3 is 0 Å². The van der Waals surface area contributed by atoms with Gasteiger partial charge in [-0.2, -0.15) is 0 Å². The van der Waals surface area contributed by atoms with Gasteiger partial charge in [0.15, 0.2) is 11.6 Å². The average Bonchev–Trinajstić information content (AvgIpc) is 3.38. The Hall–Kier alpha value is -3.15. The minimum absolute atomic E-state index is 0.220. The summed E-state index contributed by atoms with van der Waals surface area (Å²) in [4.78, 5) is 17.0. The van der Waals surface area contributed by atoms with E-state index in [0.29, 0.717) is 41.0 Å². The number of carbonyl (C=O) groups is 1. The van der Waals surface area contributed by atoms with Crippen LogP contribution in [0.1, 0.15) is 28.8 Å². The fourth-order valence-corrected chi connectivity index (χ4v) is 4.59. The van der Waals surface area contributed by atoms with Crippen LogP contribution in [0.5, 0.6) is 0 Å². The van der Waals surface area contributed by atoms with E-state index < -0.39 is 0 Å². The fourth-order valence-electron chi connectivity index (χ4n) is 4.59. The highest BCUT2D eigenvalue weighted by molar-refractivity contribution is 6.01. The normalized spacial score (nSPS) is 16.4. The topological polar surface area (TPSA) is 51.9 Å². The number of nitrogens with zero attached hydrogens (tertiary/aromatic N) is 3. The van der Waals surface area contributed by atoms with Crippen LogP contribution in [0.25, 0.3) is 33.5 Å². The second-order valence-corrected chi connectivity index (χ2v) is 8.23. The molecule has 0 radical (unpaired) electrons. The number of fused-ring (bicyclic) bond motifs is 3. The molecular formula is C23H21FN4O. The predicted molar refractivity (Wildman–Crippen MR) is 110 cm³/mol. The first-order valence-electron chi connectivity index (χ1n) is 10.2. The maximum Gasteiger partial charge on any atom is 0.251 e. The van der Waals surface area contributed by atoms with Crippen LogP contribution in [0.15, 0.2) is 36.4 Å². The lowest BCUT2D eigenvalue weighted by molar-refractivity contribution is 0.0945. The van der Waals surface area contributed by atoms with Gasteiger partial charge in [0, 0.05) is 42.2 Å². The van der Waals surface area contributed by atoms with E-state index in [-0.39, 0.29) is 11.7 Å². The van der Waals surface area contributed by atoms with Crippen LogP contribution < -0.4 is 5.32 Å². The van der Waals surface area contributed by atoms with Gasteiger partial charge in [0.2, 0.25) is 0 Å². The highest BCUT2D eigenvalue weighted by atomic mass is 19.1. The van der Waals surface area contributed by atoms with Gasteiger partial charge in [0.1, 0.15) is 5.52 Å². The molecular weight excluding hydrogens is 367 g/mol. The van der Waals surface area contributed by atoms with E-state index in [1.807, 2.05) is 17.7 Å². The number of benzene rings is 2. The number of rotatable bonds is 3. The van der Waals surface area contributed by atoms with Crippen molar-refractivity contribution in [1.29, 1.82) is 0 Å². The number of hydrogen-bond donors (Lipinski definition) is 1. The largest absolute Gasteiger partial charge is 0.352 e. The van der Waals surface area contributed by atoms with E-state index in [9.17, 15) is 4.79 Å². The summed E-state index contributed by atoms with van der Waals surface area (Å²) in [6.07, 6.45) is 3.02. The van der Waals surface area contributed by atoms with Crippen molar-refractivity contribution in [2.24, 2.45) is 13.0 Å². The molecule has 4 aromatic rings. The third-order valence-corrected chi connectivity index (χ3v) is 6.28. The molecule has 1 aliphatic carbocycles. The molecule has 1 amide bonds. The first-order valence-corrected chi connectivity index (χ1v) is 10.2. The molecule has 3 heterocycles. The monoisotopic (exact) mass is 388 g/mol. The molecule has 0 bridgehead atoms. The van der Waals surface area contributed by atoms with Crippen molar-refractivity contribution in [2.75, 3.05) is 6.54 Å². The average molecular weight is 388 g/mol. The Morgan fingerprint density at radius 2 is 2.07 bits per heavy atom. The zero-order valence-electron chi connectivity index (χ0n) is 16.2. The van der Waals surface area contributed by atoms with Gasteiger partial charge < -0.3 is 14.5 Å². The summed E-state index contributed by atoms with van der Waals surface area (Å²) in [6.45, 7) is 1.42. The summed E-state index contributed by atoms with van der Waals surface area (Å²) in [5, 5.41) is 3.96. The summed E-state index contributed by atoms with van der Waals surface area (Å²) in [5.74, 6) is 0.894. The van der Waals surface area contributed by atoms with Gasteiger partial charge in [-0.1, -0.05) is 18.2 Å². The molecule has 5 nitrogen and oxygen atoms in total. The molecule has 2 aromatic carbocycles. The van der Waals surface area contributed by atoms with E-state index in [0.717, 1.165) is 23.4 Å². The molecule has 1 fully saturated rings. The molecule has 0 saturated heterocycles. The number of imidazole rings is 1. The maximum absolute atomic E-state index is 15.4. The van der Waals surface area contributed by atoms with Crippen LogP contribution in [0, 0.1) is 11.7 Å². The van der Waals surface area contributed by atoms with Crippen molar-refractivity contribution in [3.8, 4) is 11.5 Å². The molecule has 2 aliphatic rings. The predicted octanol–water partition coefficient (Wildman–Crippen LogP) is 4.03. The number of aryl methyl sites for hydroxylation is 1. The molecule has 1 saturated carbocycles. The molecule has 6 rings (SSSR count). The van der Waals surface area contributed by atoms with Crippen LogP contribution >= 0.6 is 0 Å². The van der Waals surface area contributed by atoms with Crippen LogP contribution in [-0.4, -0.2) is 26.6 Å². The third-order valence-electron chi connectivity index (χ3n) is 6.28. The lowest BCUT2D eigenvalue weighted by Gasteiger charge is -2.17. The van der Waals surface area contributed by atoms with Crippen molar-refractivity contribution in [3.05, 3.63) is 53.3 Å². The number of nitrogens with one attached hydrogen (secondary N) is 1. The number of halogens is 1. The maximum atomic E-state index is 15.4. The SMILES string of the molecule is Cn1c(-c2cc3ccccc3n2CC2CC2)nc2cc3c(c(F)c21)CCNC3=O. The Morgan fingerprint density at radius 1 is 1.24 bits per heavy atom. The summed E-state index contributed by atoms with van der Waals surface area (Å²) in [7, 11) is 1.86. The number of amides is 1. The van der Waals surface area contributed by atoms with Gasteiger partial charge in [-0.25, -0.2) is 9.37 Å². The zero-order valence-corrected chi connectivity index (χ0v) is 16.2. The smallest absolute Gasteiger partial charge is 0.251 e. The summed E-state index contributed by atoms with van der Waals surface area (Å²) >= 11 is 0. The Morgan fingerprint density at radius 3 is 2.90 bits per heavy atom. The molecule has 29 heavy (non-hydrogen) atoms. The van der Waals surface area contributed by atoms with Crippen molar-refractivity contribution < 1.29 is 9.18 Å². The highest BCUT2D eigenvalue weighted by Gasteiger charge is 2.28. The van der Waals surface area contributed by atoms with E-state index >= 15 is 4.39 Å². The fraction of sp³-hybridized carbons (Fsp3) is 0.304. The summed E-state index contributed by atoms with van der Waals surface area (Å²) in [5.41, 5.74) is 4.08. The minimum Gasteiger partial charge on any atom is -0.352 e. The molecule has 146 valence electrons. The standard InChI is InChI=1S/C23H21FN4O/c1-27-21-17(11-16-15(20(21)24)8-9-25-23(16)29)26-22(27)19-10-14-4-2-3-5-18(14)28(19)12-13-6-7-13/h2-5,10-11,13H,6-9,12H2,1H3,(H,25,29). The number of aromatic nitrogens is 3. The number of hydrogen-bond acceptors (Lipinski definition) is 2. The first-order chi connectivity index (χ1) is 14.1. The molecule has 0 unspecified atom stereocenters. The number of carbonyl (C=O) groups excluding carboxylic acids is 1. The third kappa shape index (κ3) is 2.44. The van der Waals surface area contributed by atoms with Gasteiger partial charge in [0.25, 0.3) is 5.91 Å². The van der Waals surface area contributed by atoms with Crippen LogP contribution in [0.4, 0.5) is 4.39 Å². The molecule has 1 aliphatic heterocycles. The Kier molecular flexibility index (Phi) is 3.43. The lowest BCUT2D eigenvalue weighted by atomic mass is 9.99. The van der Waals surface area contributed by atoms with Crippen molar-refractivity contribution >= 4 is 27.8 Å². The molecule has 0 atom stereocenters. The molecule has 0 spiro atoms. The van der Waals surface area contributed by atoms with E-state index in [1.54, 1.807) is 6.07 Å². The van der Waals surface area contributed by atoms with Crippen molar-refractivity contribution in [3.63, 3.8) is 0 Å². The molecule has 1 N–H and O–H groups in total. The van der Waals surface area contributed by atoms with Crippen LogP contribution in [0.2, 0.25) is 0 Å². The Labute approximate surface area is 167 Å². The summed E-state index contributed by atoms with van der Waals surface area (Å²) < 4.78 is 19.6. The zero-order chi connectivity index (χ0) is 19.7. The quantitative estimate of drug-likeness (QED) is 0.576. The van der Waals surface area contributed by atoms with E-state index in [1.165, 1.54) is 18.4 Å². The number of para-hydroxylation sites is 1. The lowest BCUT2D eigenvalue weighted by Crippen LogP contribution is -2.32. The molecule has 6 heteroatoms. The summed E-state index contributed by atoms with van der Waals surface area (Å²) in [6, 6.07) is 12.2. The van der Waals surface area contributed by atoms with Gasteiger partial charge in [-0.05, 0) is 43.4 Å². The van der Waals surface area contributed by atoms with Gasteiger partial charge in [-0.15, -0.1) is 0 Å². The minimum atomic E-state index is -0.321. The van der Waals surface area contributed by atoms with Gasteiger partial charge in [-0.3, -0.25) is 4.79 Å². The molecule has 2 aromatic heterocycles. The van der Waals surface area contributed by atoms with E-state index in [2.05, 4.69) is 34.1 Å². The van der Waals surface area contributed by atoms with Gasteiger partial charge in [0.05, 0.1) is 11.2 Å². The van der Waals surface area contributed by atoms with E-state index in [4.69, 9.17) is 4.98 Å². The first kappa shape index (κ1) is 16.8. The Bertz CT molecular complexity index is 1310.